The van der Waals surface area contributed by atoms with Crippen molar-refractivity contribution in [1.82, 2.24) is 4.98 Å². The molecule has 1 amide bonds. The lowest BCUT2D eigenvalue weighted by Crippen LogP contribution is -2.27. The van der Waals surface area contributed by atoms with E-state index < -0.39 is 40.6 Å². The summed E-state index contributed by atoms with van der Waals surface area (Å²) in [5, 5.41) is 11.2. The van der Waals surface area contributed by atoms with Crippen molar-refractivity contribution in [3.05, 3.63) is 29.5 Å². The van der Waals surface area contributed by atoms with Crippen LogP contribution in [0, 0.1) is 11.6 Å². The van der Waals surface area contributed by atoms with Crippen LogP contribution in [0.3, 0.4) is 0 Å². The zero-order chi connectivity index (χ0) is 22.8. The molecule has 1 aliphatic rings. The minimum absolute atomic E-state index is 0.0211. The Kier molecular flexibility index (Phi) is 6.75. The Balaban J connectivity index is 1.87. The Morgan fingerprint density at radius 3 is 2.39 bits per heavy atom. The van der Waals surface area contributed by atoms with Crippen LogP contribution in [0.4, 0.5) is 18.6 Å². The van der Waals surface area contributed by atoms with Gasteiger partial charge in [0, 0.05) is 25.0 Å². The van der Waals surface area contributed by atoms with E-state index in [2.05, 4.69) is 10.3 Å². The third-order valence-electron chi connectivity index (χ3n) is 4.14. The summed E-state index contributed by atoms with van der Waals surface area (Å²) in [5.74, 6) is -3.37. The molecule has 0 unspecified atom stereocenters. The molecule has 1 aliphatic heterocycles. The predicted octanol–water partition coefficient (Wildman–Crippen LogP) is 4.69. The van der Waals surface area contributed by atoms with Crippen LogP contribution in [-0.2, 0) is 9.47 Å². The smallest absolute Gasteiger partial charge is 0.412 e. The monoisotopic (exact) mass is 456 g/mol. The molecule has 1 aromatic heterocycles. The molecule has 31 heavy (non-hydrogen) atoms. The number of ether oxygens (including phenoxy) is 3. The number of carbonyl (C=O) groups excluding carboxylic acids is 1. The Morgan fingerprint density at radius 2 is 1.84 bits per heavy atom. The lowest BCUT2D eigenvalue weighted by molar-refractivity contribution is 0.0253. The summed E-state index contributed by atoms with van der Waals surface area (Å²) >= 11 is 0.624. The van der Waals surface area contributed by atoms with Crippen LogP contribution in [0.25, 0.3) is 10.6 Å². The molecule has 1 fully saturated rings. The Labute approximate surface area is 181 Å². The molecule has 11 heteroatoms. The van der Waals surface area contributed by atoms with E-state index in [1.807, 2.05) is 0 Å². The molecule has 168 valence electrons. The maximum atomic E-state index is 14.7. The Morgan fingerprint density at radius 1 is 1.23 bits per heavy atom. The van der Waals surface area contributed by atoms with Gasteiger partial charge in [-0.15, -0.1) is 0 Å². The van der Waals surface area contributed by atoms with Crippen molar-refractivity contribution in [3.63, 3.8) is 0 Å². The van der Waals surface area contributed by atoms with Gasteiger partial charge in [-0.25, -0.2) is 23.4 Å². The number of aromatic carboxylic acids is 1. The average molecular weight is 456 g/mol. The van der Waals surface area contributed by atoms with E-state index in [4.69, 9.17) is 14.2 Å². The van der Waals surface area contributed by atoms with Crippen molar-refractivity contribution in [2.24, 2.45) is 0 Å². The van der Waals surface area contributed by atoms with Gasteiger partial charge in [-0.05, 0) is 20.8 Å². The van der Waals surface area contributed by atoms with Gasteiger partial charge in [-0.2, -0.15) is 0 Å². The van der Waals surface area contributed by atoms with Gasteiger partial charge in [0.2, 0.25) is 0 Å². The summed E-state index contributed by atoms with van der Waals surface area (Å²) in [7, 11) is 0. The number of halogens is 2. The number of carboxylic acid groups (broad SMARTS) is 1. The molecule has 2 heterocycles. The SMILES string of the molecule is CC(C)(C)OC(=O)Nc1sc(-c2c(F)cc(OC3CCOCC3)cc2F)nc1C(=O)O. The highest BCUT2D eigenvalue weighted by atomic mass is 32.1. The number of carboxylic acids is 1. The van der Waals surface area contributed by atoms with E-state index >= 15 is 0 Å². The fourth-order valence-electron chi connectivity index (χ4n) is 2.86. The van der Waals surface area contributed by atoms with Gasteiger partial charge in [0.05, 0.1) is 18.8 Å². The summed E-state index contributed by atoms with van der Waals surface area (Å²) in [6.45, 7) is 5.93. The van der Waals surface area contributed by atoms with Crippen molar-refractivity contribution in [2.45, 2.75) is 45.3 Å². The second-order valence-electron chi connectivity index (χ2n) is 7.82. The van der Waals surface area contributed by atoms with Gasteiger partial charge >= 0.3 is 12.1 Å². The highest BCUT2D eigenvalue weighted by molar-refractivity contribution is 7.19. The number of hydrogen-bond acceptors (Lipinski definition) is 7. The Hall–Kier alpha value is -2.79. The highest BCUT2D eigenvalue weighted by Gasteiger charge is 2.26. The fraction of sp³-hybridized carbons (Fsp3) is 0.450. The largest absolute Gasteiger partial charge is 0.490 e. The number of amides is 1. The van der Waals surface area contributed by atoms with Crippen molar-refractivity contribution < 1.29 is 37.7 Å². The van der Waals surface area contributed by atoms with Crippen LogP contribution in [0.2, 0.25) is 0 Å². The van der Waals surface area contributed by atoms with E-state index in [1.165, 1.54) is 0 Å². The molecule has 0 atom stereocenters. The topological polar surface area (TPSA) is 107 Å². The molecule has 2 N–H and O–H groups in total. The third kappa shape index (κ3) is 5.88. The number of anilines is 1. The van der Waals surface area contributed by atoms with Gasteiger partial charge < -0.3 is 19.3 Å². The quantitative estimate of drug-likeness (QED) is 0.672. The first-order valence-corrected chi connectivity index (χ1v) is 10.3. The van der Waals surface area contributed by atoms with E-state index in [0.29, 0.717) is 37.4 Å². The van der Waals surface area contributed by atoms with Crippen LogP contribution in [0.1, 0.15) is 44.1 Å². The first kappa shape index (κ1) is 22.9. The third-order valence-corrected chi connectivity index (χ3v) is 5.13. The van der Waals surface area contributed by atoms with Crippen molar-refractivity contribution in [1.29, 1.82) is 0 Å². The first-order valence-electron chi connectivity index (χ1n) is 9.51. The molecule has 8 nitrogen and oxygen atoms in total. The molecular formula is C20H22F2N2O6S. The molecule has 1 saturated heterocycles. The number of benzene rings is 1. The molecule has 0 aliphatic carbocycles. The summed E-state index contributed by atoms with van der Waals surface area (Å²) < 4.78 is 45.4. The maximum Gasteiger partial charge on any atom is 0.412 e. The van der Waals surface area contributed by atoms with Crippen LogP contribution >= 0.6 is 11.3 Å². The molecule has 0 saturated carbocycles. The van der Waals surface area contributed by atoms with Gasteiger partial charge in [-0.1, -0.05) is 11.3 Å². The lowest BCUT2D eigenvalue weighted by Gasteiger charge is -2.23. The average Bonchev–Trinajstić information content (AvgIpc) is 3.03. The standard InChI is InChI=1S/C20H22F2N2O6S/c1-20(2,3)30-19(27)24-17-15(18(25)26)23-16(31-17)14-12(21)8-11(9-13(14)22)29-10-4-6-28-7-5-10/h8-10H,4-7H2,1-3H3,(H,24,27)(H,25,26). The number of thiazole rings is 1. The number of hydrogen-bond donors (Lipinski definition) is 2. The van der Waals surface area contributed by atoms with E-state index in [-0.39, 0.29) is 21.9 Å². The van der Waals surface area contributed by atoms with Crippen molar-refractivity contribution >= 4 is 28.4 Å². The second kappa shape index (κ2) is 9.15. The molecule has 1 aromatic carbocycles. The van der Waals surface area contributed by atoms with Crippen LogP contribution in [-0.4, -0.2) is 47.1 Å². The van der Waals surface area contributed by atoms with Crippen molar-refractivity contribution in [3.8, 4) is 16.3 Å². The van der Waals surface area contributed by atoms with Crippen molar-refractivity contribution in [2.75, 3.05) is 18.5 Å². The maximum absolute atomic E-state index is 14.7. The Bertz CT molecular complexity index is 960. The number of nitrogens with one attached hydrogen (secondary N) is 1. The molecule has 3 rings (SSSR count). The number of nitrogens with zero attached hydrogens (tertiary/aromatic N) is 1. The summed E-state index contributed by atoms with van der Waals surface area (Å²) in [6, 6.07) is 2.05. The number of aromatic nitrogens is 1. The summed E-state index contributed by atoms with van der Waals surface area (Å²) in [5.41, 5.74) is -1.88. The lowest BCUT2D eigenvalue weighted by atomic mass is 10.1. The minimum atomic E-state index is -1.46. The highest BCUT2D eigenvalue weighted by Crippen LogP contribution is 2.37. The first-order chi connectivity index (χ1) is 14.5. The molecule has 2 aromatic rings. The fourth-order valence-corrected chi connectivity index (χ4v) is 3.85. The van der Waals surface area contributed by atoms with Crippen LogP contribution < -0.4 is 10.1 Å². The van der Waals surface area contributed by atoms with Gasteiger partial charge in [-0.3, -0.25) is 5.32 Å². The zero-order valence-corrected chi connectivity index (χ0v) is 18.0. The summed E-state index contributed by atoms with van der Waals surface area (Å²) in [4.78, 5) is 27.3. The normalized spacial score (nSPS) is 14.9. The van der Waals surface area contributed by atoms with Gasteiger partial charge in [0.1, 0.15) is 39.1 Å². The van der Waals surface area contributed by atoms with E-state index in [1.54, 1.807) is 20.8 Å². The number of carbonyl (C=O) groups is 2. The molecule has 0 radical (unpaired) electrons. The minimum Gasteiger partial charge on any atom is -0.490 e. The second-order valence-corrected chi connectivity index (χ2v) is 8.82. The molecule has 0 spiro atoms. The molecular weight excluding hydrogens is 434 g/mol. The summed E-state index contributed by atoms with van der Waals surface area (Å²) in [6.07, 6.45) is 0.103. The van der Waals surface area contributed by atoms with Crippen LogP contribution in [0.5, 0.6) is 5.75 Å². The van der Waals surface area contributed by atoms with Gasteiger partial charge in [0.25, 0.3) is 0 Å². The molecule has 0 bridgehead atoms. The van der Waals surface area contributed by atoms with E-state index in [0.717, 1.165) is 12.1 Å². The number of rotatable bonds is 5. The van der Waals surface area contributed by atoms with Crippen LogP contribution in [0.15, 0.2) is 12.1 Å². The van der Waals surface area contributed by atoms with E-state index in [9.17, 15) is 23.5 Å². The van der Waals surface area contributed by atoms with Gasteiger partial charge in [0.15, 0.2) is 5.69 Å². The predicted molar refractivity (Wildman–Crippen MR) is 109 cm³/mol. The zero-order valence-electron chi connectivity index (χ0n) is 17.2.